The maximum absolute atomic E-state index is 6.71. The predicted octanol–water partition coefficient (Wildman–Crippen LogP) is 11.9. The van der Waals surface area contributed by atoms with Gasteiger partial charge in [-0.1, -0.05) is 91.0 Å². The Hall–Kier alpha value is -5.54. The minimum Gasteiger partial charge on any atom is -0.455 e. The summed E-state index contributed by atoms with van der Waals surface area (Å²) in [5, 5.41) is 9.03. The fourth-order valence-corrected chi connectivity index (χ4v) is 6.75. The molecule has 0 unspecified atom stereocenters. The van der Waals surface area contributed by atoms with Gasteiger partial charge in [-0.25, -0.2) is 0 Å². The molecule has 3 nitrogen and oxygen atoms in total. The molecule has 0 atom stereocenters. The summed E-state index contributed by atoms with van der Waals surface area (Å²) in [7, 11) is 0. The van der Waals surface area contributed by atoms with Gasteiger partial charge in [-0.2, -0.15) is 0 Å². The van der Waals surface area contributed by atoms with Crippen LogP contribution in [0.3, 0.4) is 0 Å². The molecule has 3 heteroatoms. The normalized spacial score (nSPS) is 12.0. The first-order valence-electron chi connectivity index (χ1n) is 14.7. The van der Waals surface area contributed by atoms with Crippen molar-refractivity contribution in [2.75, 3.05) is 4.90 Å². The van der Waals surface area contributed by atoms with Gasteiger partial charge < -0.3 is 13.7 Å². The van der Waals surface area contributed by atoms with Gasteiger partial charge in [-0.3, -0.25) is 0 Å². The van der Waals surface area contributed by atoms with E-state index in [0.29, 0.717) is 0 Å². The first-order valence-corrected chi connectivity index (χ1v) is 14.7. The molecule has 0 aliphatic heterocycles. The third-order valence-corrected chi connectivity index (χ3v) is 8.77. The fraction of sp³-hybridized carbons (Fsp3) is 0.0500. The number of benzene rings is 7. The summed E-state index contributed by atoms with van der Waals surface area (Å²) < 4.78 is 13.3. The second-order valence-electron chi connectivity index (χ2n) is 11.5. The second kappa shape index (κ2) is 8.98. The van der Waals surface area contributed by atoms with Crippen molar-refractivity contribution in [2.24, 2.45) is 0 Å². The molecule has 0 N–H and O–H groups in total. The number of aryl methyl sites for hydroxylation is 2. The molecule has 204 valence electrons. The van der Waals surface area contributed by atoms with Crippen LogP contribution < -0.4 is 4.90 Å². The van der Waals surface area contributed by atoms with Gasteiger partial charge >= 0.3 is 0 Å². The van der Waals surface area contributed by atoms with E-state index in [0.717, 1.165) is 77.3 Å². The maximum Gasteiger partial charge on any atom is 0.159 e. The largest absolute Gasteiger partial charge is 0.455 e. The molecule has 0 spiro atoms. The topological polar surface area (TPSA) is 29.5 Å². The van der Waals surface area contributed by atoms with Crippen molar-refractivity contribution in [3.05, 3.63) is 139 Å². The first kappa shape index (κ1) is 24.1. The molecule has 0 saturated heterocycles. The van der Waals surface area contributed by atoms with Crippen molar-refractivity contribution in [3.8, 4) is 0 Å². The van der Waals surface area contributed by atoms with Crippen LogP contribution in [-0.2, 0) is 0 Å². The Balaban J connectivity index is 1.43. The number of hydrogen-bond donors (Lipinski definition) is 0. The van der Waals surface area contributed by atoms with Gasteiger partial charge in [0.05, 0.1) is 11.4 Å². The van der Waals surface area contributed by atoms with Crippen molar-refractivity contribution >= 4 is 82.5 Å². The summed E-state index contributed by atoms with van der Waals surface area (Å²) in [5.74, 6) is 0. The van der Waals surface area contributed by atoms with Crippen LogP contribution in [0.5, 0.6) is 0 Å². The molecule has 0 aliphatic rings. The molecule has 7 aromatic carbocycles. The van der Waals surface area contributed by atoms with Crippen molar-refractivity contribution in [3.63, 3.8) is 0 Å². The van der Waals surface area contributed by atoms with Crippen LogP contribution in [0, 0.1) is 13.8 Å². The average molecular weight is 554 g/mol. The highest BCUT2D eigenvalue weighted by molar-refractivity contribution is 6.22. The highest BCUT2D eigenvalue weighted by atomic mass is 16.3. The van der Waals surface area contributed by atoms with Gasteiger partial charge in [0, 0.05) is 38.0 Å². The highest BCUT2D eigenvalue weighted by Crippen LogP contribution is 2.47. The van der Waals surface area contributed by atoms with E-state index < -0.39 is 0 Å². The summed E-state index contributed by atoms with van der Waals surface area (Å²) in [4.78, 5) is 2.36. The summed E-state index contributed by atoms with van der Waals surface area (Å²) in [6, 6.07) is 45.3. The van der Waals surface area contributed by atoms with E-state index in [1.807, 2.05) is 0 Å². The van der Waals surface area contributed by atoms with E-state index in [1.165, 1.54) is 16.3 Å². The zero-order chi connectivity index (χ0) is 28.7. The van der Waals surface area contributed by atoms with Crippen molar-refractivity contribution in [1.82, 2.24) is 0 Å². The van der Waals surface area contributed by atoms with E-state index in [4.69, 9.17) is 8.83 Å². The molecule has 0 bridgehead atoms. The molecule has 0 fully saturated rings. The standard InChI is InChI=1S/C40H27NO2/c1-24-10-7-14-28(20-24)41(35-19-9-18-32-31-17-8-11-25(2)38(31)43-40(32)35)36-23-34-33-21-26-12-3-4-13-27(26)22-37(33)42-39(34)30-16-6-5-15-29(30)36/h3-23H,1-2H3. The van der Waals surface area contributed by atoms with Gasteiger partial charge in [0.15, 0.2) is 5.58 Å². The average Bonchev–Trinajstić information content (AvgIpc) is 3.60. The lowest BCUT2D eigenvalue weighted by Crippen LogP contribution is -2.11. The number of para-hydroxylation sites is 2. The lowest BCUT2D eigenvalue weighted by Gasteiger charge is -2.27. The molecular weight excluding hydrogens is 526 g/mol. The quantitative estimate of drug-likeness (QED) is 0.218. The molecule has 2 aromatic heterocycles. The highest BCUT2D eigenvalue weighted by Gasteiger charge is 2.24. The zero-order valence-corrected chi connectivity index (χ0v) is 23.9. The summed E-state index contributed by atoms with van der Waals surface area (Å²) in [5.41, 5.74) is 9.09. The minimum absolute atomic E-state index is 0.875. The number of nitrogens with zero attached hydrogens (tertiary/aromatic N) is 1. The molecule has 43 heavy (non-hydrogen) atoms. The Kier molecular flexibility index (Phi) is 5.03. The van der Waals surface area contributed by atoms with Gasteiger partial charge in [-0.05, 0) is 72.1 Å². The molecule has 0 saturated carbocycles. The Morgan fingerprint density at radius 3 is 1.95 bits per heavy atom. The third-order valence-electron chi connectivity index (χ3n) is 8.77. The Morgan fingerprint density at radius 2 is 1.12 bits per heavy atom. The molecule has 9 rings (SSSR count). The lowest BCUT2D eigenvalue weighted by atomic mass is 10.0. The number of rotatable bonds is 3. The molecule has 9 aromatic rings. The summed E-state index contributed by atoms with van der Waals surface area (Å²) in [6.07, 6.45) is 0. The van der Waals surface area contributed by atoms with E-state index in [2.05, 4.69) is 146 Å². The Labute approximate surface area is 248 Å². The third kappa shape index (κ3) is 3.55. The van der Waals surface area contributed by atoms with Crippen LogP contribution in [0.4, 0.5) is 17.1 Å². The number of anilines is 3. The molecule has 2 heterocycles. The molecule has 0 amide bonds. The zero-order valence-electron chi connectivity index (χ0n) is 23.9. The second-order valence-corrected chi connectivity index (χ2v) is 11.5. The fourth-order valence-electron chi connectivity index (χ4n) is 6.75. The predicted molar refractivity (Wildman–Crippen MR) is 180 cm³/mol. The number of fused-ring (bicyclic) bond motifs is 9. The van der Waals surface area contributed by atoms with Crippen LogP contribution >= 0.6 is 0 Å². The first-order chi connectivity index (χ1) is 21.1. The summed E-state index contributed by atoms with van der Waals surface area (Å²) >= 11 is 0. The van der Waals surface area contributed by atoms with Crippen molar-refractivity contribution in [2.45, 2.75) is 13.8 Å². The van der Waals surface area contributed by atoms with E-state index in [-0.39, 0.29) is 0 Å². The minimum atomic E-state index is 0.875. The number of furan rings is 2. The summed E-state index contributed by atoms with van der Waals surface area (Å²) in [6.45, 7) is 4.25. The van der Waals surface area contributed by atoms with Gasteiger partial charge in [0.1, 0.15) is 16.7 Å². The van der Waals surface area contributed by atoms with E-state index in [9.17, 15) is 0 Å². The van der Waals surface area contributed by atoms with Gasteiger partial charge in [0.2, 0.25) is 0 Å². The Bertz CT molecular complexity index is 2550. The van der Waals surface area contributed by atoms with E-state index in [1.54, 1.807) is 0 Å². The Morgan fingerprint density at radius 1 is 0.442 bits per heavy atom. The smallest absolute Gasteiger partial charge is 0.159 e. The van der Waals surface area contributed by atoms with Crippen molar-refractivity contribution < 1.29 is 8.83 Å². The van der Waals surface area contributed by atoms with Crippen LogP contribution in [0.2, 0.25) is 0 Å². The van der Waals surface area contributed by atoms with Gasteiger partial charge in [-0.15, -0.1) is 0 Å². The SMILES string of the molecule is Cc1cccc(N(c2cc3c4cc5ccccc5cc4oc3c3ccccc23)c2cccc3c2oc2c(C)cccc23)c1. The molecule has 0 radical (unpaired) electrons. The van der Waals surface area contributed by atoms with Crippen LogP contribution in [0.1, 0.15) is 11.1 Å². The van der Waals surface area contributed by atoms with Crippen LogP contribution in [-0.4, -0.2) is 0 Å². The van der Waals surface area contributed by atoms with Gasteiger partial charge in [0.25, 0.3) is 0 Å². The monoisotopic (exact) mass is 553 g/mol. The van der Waals surface area contributed by atoms with Crippen LogP contribution in [0.25, 0.3) is 65.4 Å². The number of hydrogen-bond acceptors (Lipinski definition) is 3. The van der Waals surface area contributed by atoms with Crippen molar-refractivity contribution in [1.29, 1.82) is 0 Å². The maximum atomic E-state index is 6.71. The lowest BCUT2D eigenvalue weighted by molar-refractivity contribution is 0.666. The van der Waals surface area contributed by atoms with Crippen LogP contribution in [0.15, 0.2) is 136 Å². The molecule has 0 aliphatic carbocycles. The van der Waals surface area contributed by atoms with E-state index >= 15 is 0 Å². The molecular formula is C40H27NO2.